The fourth-order valence-corrected chi connectivity index (χ4v) is 4.14. The molecule has 1 aromatic carbocycles. The average molecular weight is 395 g/mol. The van der Waals surface area contributed by atoms with Gasteiger partial charge in [-0.3, -0.25) is 4.79 Å². The van der Waals surface area contributed by atoms with Gasteiger partial charge in [-0.25, -0.2) is 9.37 Å². The molecule has 1 saturated carbocycles. The first-order valence-corrected chi connectivity index (χ1v) is 10.3. The van der Waals surface area contributed by atoms with E-state index in [-0.39, 0.29) is 29.8 Å². The summed E-state index contributed by atoms with van der Waals surface area (Å²) in [4.78, 5) is 15.5. The Morgan fingerprint density at radius 1 is 1.37 bits per heavy atom. The Bertz CT molecular complexity index is 802. The summed E-state index contributed by atoms with van der Waals surface area (Å²) in [5, 5.41) is 3.74. The number of nitrogens with zero attached hydrogens (tertiary/aromatic N) is 1. The van der Waals surface area contributed by atoms with Crippen molar-refractivity contribution in [1.82, 2.24) is 10.3 Å². The summed E-state index contributed by atoms with van der Waals surface area (Å²) in [7, 11) is 0. The number of benzene rings is 1. The van der Waals surface area contributed by atoms with Gasteiger partial charge in [0.2, 0.25) is 5.91 Å². The zero-order valence-electron chi connectivity index (χ0n) is 16.3. The van der Waals surface area contributed by atoms with Crippen LogP contribution in [-0.4, -0.2) is 36.3 Å². The van der Waals surface area contributed by atoms with Crippen molar-refractivity contribution in [3.8, 4) is 5.75 Å². The minimum Gasteiger partial charge on any atom is -0.490 e. The Hall–Kier alpha value is -1.73. The molecule has 1 amide bonds. The summed E-state index contributed by atoms with van der Waals surface area (Å²) in [5.74, 6) is 0.588. The molecule has 1 N–H and O–H groups in total. The smallest absolute Gasteiger partial charge is 0.217 e. The second-order valence-corrected chi connectivity index (χ2v) is 8.67. The predicted molar refractivity (Wildman–Crippen MR) is 105 cm³/mol. The Labute approximate surface area is 163 Å². The number of fused-ring (bicyclic) bond motifs is 1. The van der Waals surface area contributed by atoms with Gasteiger partial charge in [-0.15, -0.1) is 11.3 Å². The van der Waals surface area contributed by atoms with E-state index >= 15 is 0 Å². The molecule has 1 atom stereocenters. The van der Waals surface area contributed by atoms with Crippen LogP contribution in [0.25, 0.3) is 10.2 Å². The van der Waals surface area contributed by atoms with Crippen molar-refractivity contribution in [2.24, 2.45) is 5.92 Å². The third kappa shape index (κ3) is 4.96. The maximum absolute atomic E-state index is 14.7. The van der Waals surface area contributed by atoms with Crippen molar-refractivity contribution in [1.29, 1.82) is 0 Å². The molecular formula is C20H27FN2O3S. The van der Waals surface area contributed by atoms with Crippen LogP contribution in [0.4, 0.5) is 4.39 Å². The van der Waals surface area contributed by atoms with Crippen LogP contribution in [0.3, 0.4) is 0 Å². The van der Waals surface area contributed by atoms with Gasteiger partial charge in [0.05, 0.1) is 34.5 Å². The summed E-state index contributed by atoms with van der Waals surface area (Å²) in [5.41, 5.74) is 0.693. The lowest BCUT2D eigenvalue weighted by Gasteiger charge is -2.35. The van der Waals surface area contributed by atoms with Crippen LogP contribution < -0.4 is 10.1 Å². The molecule has 1 heterocycles. The number of hydrogen-bond acceptors (Lipinski definition) is 5. The van der Waals surface area contributed by atoms with E-state index in [9.17, 15) is 9.18 Å². The monoisotopic (exact) mass is 394 g/mol. The van der Waals surface area contributed by atoms with Crippen LogP contribution in [0, 0.1) is 11.7 Å². The van der Waals surface area contributed by atoms with Crippen LogP contribution in [0.5, 0.6) is 5.75 Å². The molecule has 1 fully saturated rings. The maximum atomic E-state index is 14.7. The quantitative estimate of drug-likeness (QED) is 0.727. The molecule has 0 aliphatic heterocycles. The van der Waals surface area contributed by atoms with Gasteiger partial charge in [0.1, 0.15) is 0 Å². The van der Waals surface area contributed by atoms with Gasteiger partial charge in [-0.2, -0.15) is 0 Å². The highest BCUT2D eigenvalue weighted by Crippen LogP contribution is 2.35. The lowest BCUT2D eigenvalue weighted by atomic mass is 9.83. The van der Waals surface area contributed by atoms with Gasteiger partial charge in [-0.05, 0) is 37.8 Å². The third-order valence-electron chi connectivity index (χ3n) is 4.67. The van der Waals surface area contributed by atoms with Crippen molar-refractivity contribution in [2.45, 2.75) is 58.6 Å². The van der Waals surface area contributed by atoms with Crippen LogP contribution in [-0.2, 0) is 9.53 Å². The summed E-state index contributed by atoms with van der Waals surface area (Å²) in [6, 6.07) is 3.50. The van der Waals surface area contributed by atoms with Crippen LogP contribution in [0.2, 0.25) is 0 Å². The highest BCUT2D eigenvalue weighted by Gasteiger charge is 2.31. The van der Waals surface area contributed by atoms with E-state index in [1.54, 1.807) is 6.07 Å². The second-order valence-electron chi connectivity index (χ2n) is 7.64. The van der Waals surface area contributed by atoms with Crippen LogP contribution >= 0.6 is 11.3 Å². The Morgan fingerprint density at radius 2 is 2.11 bits per heavy atom. The fraction of sp³-hybridized carbons (Fsp3) is 0.600. The topological polar surface area (TPSA) is 60.5 Å². The molecule has 7 heteroatoms. The molecule has 1 aromatic heterocycles. The van der Waals surface area contributed by atoms with E-state index in [1.165, 1.54) is 18.3 Å². The number of carbonyl (C=O) groups is 1. The molecule has 1 aliphatic carbocycles. The number of ether oxygens (including phenoxy) is 2. The van der Waals surface area contributed by atoms with Crippen molar-refractivity contribution < 1.29 is 18.7 Å². The number of amides is 1. The molecule has 3 rings (SSSR count). The Balaban J connectivity index is 1.46. The minimum atomic E-state index is -0.312. The van der Waals surface area contributed by atoms with Gasteiger partial charge in [0, 0.05) is 18.9 Å². The maximum Gasteiger partial charge on any atom is 0.217 e. The van der Waals surface area contributed by atoms with Gasteiger partial charge in [0.25, 0.3) is 0 Å². The van der Waals surface area contributed by atoms with E-state index < -0.39 is 0 Å². The standard InChI is InChI=1S/C20H27FN2O3S/c1-11(2)20-23-16-5-6-17(18(21)19(16)27-20)26-10-14-7-15(8-14)25-9-12(3)22-13(4)24/h5-6,11-12,14-15H,7-10H2,1-4H3,(H,22,24)/t12-,14?,15?/m0/s1. The number of aromatic nitrogens is 1. The molecule has 0 spiro atoms. The summed E-state index contributed by atoms with van der Waals surface area (Å²) >= 11 is 1.40. The van der Waals surface area contributed by atoms with Crippen molar-refractivity contribution in [3.63, 3.8) is 0 Å². The lowest BCUT2D eigenvalue weighted by Crippen LogP contribution is -2.40. The van der Waals surface area contributed by atoms with Crippen LogP contribution in [0.15, 0.2) is 12.1 Å². The van der Waals surface area contributed by atoms with Gasteiger partial charge < -0.3 is 14.8 Å². The largest absolute Gasteiger partial charge is 0.490 e. The average Bonchev–Trinajstić information content (AvgIpc) is 2.99. The van der Waals surface area contributed by atoms with Gasteiger partial charge in [-0.1, -0.05) is 13.8 Å². The molecular weight excluding hydrogens is 367 g/mol. The molecule has 148 valence electrons. The van der Waals surface area contributed by atoms with Crippen LogP contribution in [0.1, 0.15) is 51.5 Å². The molecule has 0 radical (unpaired) electrons. The van der Waals surface area contributed by atoms with Gasteiger partial charge >= 0.3 is 0 Å². The van der Waals surface area contributed by atoms with E-state index in [0.717, 1.165) is 17.8 Å². The van der Waals surface area contributed by atoms with Gasteiger partial charge in [0.15, 0.2) is 11.6 Å². The Kier molecular flexibility index (Phi) is 6.32. The number of thiazole rings is 1. The molecule has 0 unspecified atom stereocenters. The van der Waals surface area contributed by atoms with E-state index in [4.69, 9.17) is 9.47 Å². The van der Waals surface area contributed by atoms with E-state index in [0.29, 0.717) is 35.1 Å². The number of rotatable bonds is 8. The second kappa shape index (κ2) is 8.52. The first-order chi connectivity index (χ1) is 12.8. The number of hydrogen-bond donors (Lipinski definition) is 1. The van der Waals surface area contributed by atoms with Crippen molar-refractivity contribution in [2.75, 3.05) is 13.2 Å². The predicted octanol–water partition coefficient (Wildman–Crippen LogP) is 4.26. The summed E-state index contributed by atoms with van der Waals surface area (Å²) in [6.07, 6.45) is 1.99. The molecule has 5 nitrogen and oxygen atoms in total. The summed E-state index contributed by atoms with van der Waals surface area (Å²) < 4.78 is 26.8. The first-order valence-electron chi connectivity index (χ1n) is 9.44. The first kappa shape index (κ1) is 20.0. The number of halogens is 1. The molecule has 0 bridgehead atoms. The zero-order chi connectivity index (χ0) is 19.6. The lowest BCUT2D eigenvalue weighted by molar-refractivity contribution is -0.120. The number of nitrogens with one attached hydrogen (secondary N) is 1. The third-order valence-corrected chi connectivity index (χ3v) is 6.03. The van der Waals surface area contributed by atoms with E-state index in [2.05, 4.69) is 24.1 Å². The Morgan fingerprint density at radius 3 is 2.78 bits per heavy atom. The highest BCUT2D eigenvalue weighted by molar-refractivity contribution is 7.18. The van der Waals surface area contributed by atoms with Crippen molar-refractivity contribution in [3.05, 3.63) is 23.0 Å². The molecule has 27 heavy (non-hydrogen) atoms. The molecule has 0 saturated heterocycles. The normalized spacial score (nSPS) is 20.5. The molecule has 2 aromatic rings. The fourth-order valence-electron chi connectivity index (χ4n) is 3.14. The molecule has 1 aliphatic rings. The zero-order valence-corrected chi connectivity index (χ0v) is 17.1. The highest BCUT2D eigenvalue weighted by atomic mass is 32.1. The van der Waals surface area contributed by atoms with E-state index in [1.807, 2.05) is 13.0 Å². The van der Waals surface area contributed by atoms with Crippen molar-refractivity contribution >= 4 is 27.5 Å². The summed E-state index contributed by atoms with van der Waals surface area (Å²) in [6.45, 7) is 8.52. The SMILES string of the molecule is CC(=O)N[C@@H](C)COC1CC(COc2ccc3nc(C(C)C)sc3c2F)C1. The minimum absolute atomic E-state index is 0.00811. The number of carbonyl (C=O) groups excluding carboxylic acids is 1.